The summed E-state index contributed by atoms with van der Waals surface area (Å²) in [5.41, 5.74) is 1.23. The zero-order chi connectivity index (χ0) is 20.0. The summed E-state index contributed by atoms with van der Waals surface area (Å²) >= 11 is 0. The number of unbranched alkanes of at least 4 members (excludes halogenated alkanes) is 1. The summed E-state index contributed by atoms with van der Waals surface area (Å²) in [5, 5.41) is 3.40. The summed E-state index contributed by atoms with van der Waals surface area (Å²) in [5.74, 6) is 1.83. The molecule has 1 aromatic carbocycles. The molecule has 0 aromatic heterocycles. The predicted molar refractivity (Wildman–Crippen MR) is 130 cm³/mol. The molecule has 1 aliphatic heterocycles. The van der Waals surface area contributed by atoms with E-state index in [1.807, 2.05) is 19.2 Å². The number of aliphatic imine (C=N–C) groups is 1. The fourth-order valence-electron chi connectivity index (χ4n) is 3.11. The molecule has 1 fully saturated rings. The van der Waals surface area contributed by atoms with E-state index in [1.165, 1.54) is 5.69 Å². The molecule has 0 aliphatic carbocycles. The van der Waals surface area contributed by atoms with Gasteiger partial charge >= 0.3 is 0 Å². The Hall–Kier alpha value is -1.26. The number of methoxy groups -OCH3 is 1. The molecule has 1 aliphatic rings. The lowest BCUT2D eigenvalue weighted by Crippen LogP contribution is -2.53. The molecular formula is C21H37IN4O3. The van der Waals surface area contributed by atoms with Gasteiger partial charge in [0.1, 0.15) is 5.75 Å². The van der Waals surface area contributed by atoms with Crippen LogP contribution in [0.4, 0.5) is 5.69 Å². The zero-order valence-corrected chi connectivity index (χ0v) is 20.4. The first-order chi connectivity index (χ1) is 13.8. The second-order valence-electron chi connectivity index (χ2n) is 6.72. The topological polar surface area (TPSA) is 58.6 Å². The molecule has 0 atom stereocenters. The largest absolute Gasteiger partial charge is 0.497 e. The fourth-order valence-corrected chi connectivity index (χ4v) is 3.11. The van der Waals surface area contributed by atoms with E-state index in [9.17, 15) is 0 Å². The molecule has 1 saturated heterocycles. The summed E-state index contributed by atoms with van der Waals surface area (Å²) in [7, 11) is 3.53. The molecule has 1 heterocycles. The van der Waals surface area contributed by atoms with Crippen LogP contribution in [0, 0.1) is 0 Å². The van der Waals surface area contributed by atoms with E-state index in [1.54, 1.807) is 7.11 Å². The highest BCUT2D eigenvalue weighted by Crippen LogP contribution is 2.20. The fraction of sp³-hybridized carbons (Fsp3) is 0.667. The predicted octanol–water partition coefficient (Wildman–Crippen LogP) is 2.84. The van der Waals surface area contributed by atoms with Crippen LogP contribution in [-0.2, 0) is 9.47 Å². The molecular weight excluding hydrogens is 483 g/mol. The Labute approximate surface area is 192 Å². The third-order valence-corrected chi connectivity index (χ3v) is 4.77. The number of nitrogens with one attached hydrogen (secondary N) is 1. The number of hydrogen-bond acceptors (Lipinski definition) is 5. The number of anilines is 1. The van der Waals surface area contributed by atoms with Crippen LogP contribution in [0.2, 0.25) is 0 Å². The molecule has 0 saturated carbocycles. The number of piperazine rings is 1. The Kier molecular flexibility index (Phi) is 13.8. The smallest absolute Gasteiger partial charge is 0.193 e. The molecule has 0 spiro atoms. The lowest BCUT2D eigenvalue weighted by molar-refractivity contribution is 0.0486. The van der Waals surface area contributed by atoms with Crippen LogP contribution >= 0.6 is 24.0 Å². The van der Waals surface area contributed by atoms with Gasteiger partial charge in [-0.15, -0.1) is 24.0 Å². The Morgan fingerprint density at radius 2 is 1.66 bits per heavy atom. The Morgan fingerprint density at radius 3 is 2.24 bits per heavy atom. The molecule has 2 rings (SSSR count). The van der Waals surface area contributed by atoms with Crippen LogP contribution in [0.15, 0.2) is 29.3 Å². The molecule has 7 nitrogen and oxygen atoms in total. The minimum absolute atomic E-state index is 0. The van der Waals surface area contributed by atoms with E-state index in [4.69, 9.17) is 14.2 Å². The van der Waals surface area contributed by atoms with Crippen molar-refractivity contribution in [2.45, 2.75) is 19.8 Å². The molecule has 29 heavy (non-hydrogen) atoms. The van der Waals surface area contributed by atoms with Crippen molar-refractivity contribution in [1.29, 1.82) is 0 Å². The van der Waals surface area contributed by atoms with Gasteiger partial charge in [0.05, 0.1) is 26.9 Å². The third-order valence-electron chi connectivity index (χ3n) is 4.77. The number of halogens is 1. The summed E-state index contributed by atoms with van der Waals surface area (Å²) in [4.78, 5) is 9.11. The maximum Gasteiger partial charge on any atom is 0.193 e. The molecule has 8 heteroatoms. The van der Waals surface area contributed by atoms with Gasteiger partial charge in [-0.3, -0.25) is 4.99 Å². The second kappa shape index (κ2) is 15.6. The van der Waals surface area contributed by atoms with Gasteiger partial charge < -0.3 is 29.3 Å². The lowest BCUT2D eigenvalue weighted by Gasteiger charge is -2.37. The van der Waals surface area contributed by atoms with E-state index >= 15 is 0 Å². The molecule has 0 amide bonds. The van der Waals surface area contributed by atoms with Crippen molar-refractivity contribution in [3.8, 4) is 5.75 Å². The van der Waals surface area contributed by atoms with E-state index in [0.29, 0.717) is 19.8 Å². The normalized spacial score (nSPS) is 14.5. The maximum atomic E-state index is 5.61. The Bertz CT molecular complexity index is 564. The van der Waals surface area contributed by atoms with Crippen molar-refractivity contribution in [3.63, 3.8) is 0 Å². The maximum absolute atomic E-state index is 5.61. The van der Waals surface area contributed by atoms with Gasteiger partial charge in [-0.2, -0.15) is 0 Å². The van der Waals surface area contributed by atoms with Crippen molar-refractivity contribution < 1.29 is 14.2 Å². The van der Waals surface area contributed by atoms with Gasteiger partial charge in [-0.25, -0.2) is 0 Å². The molecule has 0 bridgehead atoms. The summed E-state index contributed by atoms with van der Waals surface area (Å²) in [6.45, 7) is 9.53. The van der Waals surface area contributed by atoms with Gasteiger partial charge in [-0.1, -0.05) is 13.3 Å². The third kappa shape index (κ3) is 9.39. The van der Waals surface area contributed by atoms with Gasteiger partial charge in [0, 0.05) is 52.1 Å². The first kappa shape index (κ1) is 25.8. The van der Waals surface area contributed by atoms with Crippen LogP contribution in [0.25, 0.3) is 0 Å². The van der Waals surface area contributed by atoms with Crippen molar-refractivity contribution >= 4 is 35.6 Å². The number of ether oxygens (including phenoxy) is 3. The average Bonchev–Trinajstić information content (AvgIpc) is 2.75. The average molecular weight is 520 g/mol. The highest BCUT2D eigenvalue weighted by molar-refractivity contribution is 14.0. The number of nitrogens with zero attached hydrogens (tertiary/aromatic N) is 3. The lowest BCUT2D eigenvalue weighted by atomic mass is 10.2. The highest BCUT2D eigenvalue weighted by atomic mass is 127. The van der Waals surface area contributed by atoms with Crippen LogP contribution in [0.1, 0.15) is 19.8 Å². The van der Waals surface area contributed by atoms with Gasteiger partial charge in [0.25, 0.3) is 0 Å². The van der Waals surface area contributed by atoms with Crippen LogP contribution in [0.3, 0.4) is 0 Å². The number of benzene rings is 1. The Morgan fingerprint density at radius 1 is 1.00 bits per heavy atom. The van der Waals surface area contributed by atoms with Crippen LogP contribution in [-0.4, -0.2) is 84.2 Å². The quantitative estimate of drug-likeness (QED) is 0.210. The molecule has 0 radical (unpaired) electrons. The van der Waals surface area contributed by atoms with Crippen molar-refractivity contribution in [2.75, 3.05) is 78.2 Å². The minimum Gasteiger partial charge on any atom is -0.497 e. The van der Waals surface area contributed by atoms with E-state index in [-0.39, 0.29) is 24.0 Å². The highest BCUT2D eigenvalue weighted by Gasteiger charge is 2.19. The molecule has 0 unspecified atom stereocenters. The Balaban J connectivity index is 0.00000420. The first-order valence-corrected chi connectivity index (χ1v) is 10.3. The summed E-state index contributed by atoms with van der Waals surface area (Å²) in [6.07, 6.45) is 2.28. The van der Waals surface area contributed by atoms with E-state index < -0.39 is 0 Å². The molecule has 166 valence electrons. The monoisotopic (exact) mass is 520 g/mol. The van der Waals surface area contributed by atoms with Crippen LogP contribution < -0.4 is 15.0 Å². The zero-order valence-electron chi connectivity index (χ0n) is 18.1. The summed E-state index contributed by atoms with van der Waals surface area (Å²) in [6, 6.07) is 8.25. The number of rotatable bonds is 11. The van der Waals surface area contributed by atoms with Crippen molar-refractivity contribution in [1.82, 2.24) is 10.2 Å². The van der Waals surface area contributed by atoms with Gasteiger partial charge in [-0.05, 0) is 30.7 Å². The van der Waals surface area contributed by atoms with E-state index in [0.717, 1.165) is 63.9 Å². The molecule has 1 N–H and O–H groups in total. The standard InChI is InChI=1S/C21H36N4O3.HI/c1-4-5-15-27-17-18-28-16-10-23-21(22-2)25-13-11-24(12-14-25)19-6-8-20(26-3)9-7-19;/h6-9H,4-5,10-18H2,1-3H3,(H,22,23);1H. The van der Waals surface area contributed by atoms with Crippen molar-refractivity contribution in [2.24, 2.45) is 4.99 Å². The number of hydrogen-bond donors (Lipinski definition) is 1. The van der Waals surface area contributed by atoms with E-state index in [2.05, 4.69) is 39.2 Å². The number of guanidine groups is 1. The van der Waals surface area contributed by atoms with Crippen molar-refractivity contribution in [3.05, 3.63) is 24.3 Å². The SMILES string of the molecule is CCCCOCCOCCNC(=NC)N1CCN(c2ccc(OC)cc2)CC1.I. The first-order valence-electron chi connectivity index (χ1n) is 10.3. The second-order valence-corrected chi connectivity index (χ2v) is 6.72. The molecule has 1 aromatic rings. The van der Waals surface area contributed by atoms with Gasteiger partial charge in [0.15, 0.2) is 5.96 Å². The summed E-state index contributed by atoms with van der Waals surface area (Å²) < 4.78 is 16.3. The minimum atomic E-state index is 0. The van der Waals surface area contributed by atoms with Crippen LogP contribution in [0.5, 0.6) is 5.75 Å². The van der Waals surface area contributed by atoms with Gasteiger partial charge in [0.2, 0.25) is 0 Å².